The number of amides is 1. The fraction of sp³-hybridized carbons (Fsp3) is 0.263. The summed E-state index contributed by atoms with van der Waals surface area (Å²) in [7, 11) is 0. The van der Waals surface area contributed by atoms with Crippen LogP contribution in [-0.2, 0) is 6.54 Å². The molecule has 134 valence electrons. The molecule has 1 amide bonds. The van der Waals surface area contributed by atoms with Crippen molar-refractivity contribution in [2.45, 2.75) is 33.4 Å². The van der Waals surface area contributed by atoms with Crippen LogP contribution < -0.4 is 10.9 Å². The Morgan fingerprint density at radius 2 is 2.12 bits per heavy atom. The van der Waals surface area contributed by atoms with Gasteiger partial charge in [0.2, 0.25) is 0 Å². The van der Waals surface area contributed by atoms with Crippen molar-refractivity contribution >= 4 is 5.91 Å². The number of H-pyrrole nitrogens is 1. The Hall–Kier alpha value is -3.22. The summed E-state index contributed by atoms with van der Waals surface area (Å²) in [5.41, 5.74) is 3.45. The van der Waals surface area contributed by atoms with Crippen molar-refractivity contribution in [1.29, 1.82) is 0 Å². The Morgan fingerprint density at radius 1 is 1.31 bits per heavy atom. The number of pyridine rings is 1. The maximum atomic E-state index is 12.5. The standard InChI is InChI=1S/C19H21N5O2/c1-12-7-17(19(26)23-14(12)3)15-5-4-6-16(8-15)18(25)22-13(2)9-24-11-20-10-21-24/h4-8,10-11,13H,9H2,1-3H3,(H,22,25)(H,23,26)/t13-/m0/s1. The number of carbonyl (C=O) groups excluding carboxylic acids is 1. The molecule has 3 aromatic rings. The van der Waals surface area contributed by atoms with E-state index in [-0.39, 0.29) is 17.5 Å². The molecule has 2 N–H and O–H groups in total. The van der Waals surface area contributed by atoms with Crippen molar-refractivity contribution < 1.29 is 4.79 Å². The Balaban J connectivity index is 1.79. The first-order chi connectivity index (χ1) is 12.4. The van der Waals surface area contributed by atoms with E-state index in [9.17, 15) is 9.59 Å². The Labute approximate surface area is 151 Å². The summed E-state index contributed by atoms with van der Waals surface area (Å²) in [6.45, 7) is 6.23. The quantitative estimate of drug-likeness (QED) is 0.736. The van der Waals surface area contributed by atoms with E-state index in [0.29, 0.717) is 23.2 Å². The van der Waals surface area contributed by atoms with E-state index in [0.717, 1.165) is 11.3 Å². The molecule has 0 unspecified atom stereocenters. The van der Waals surface area contributed by atoms with Crippen LogP contribution in [0.1, 0.15) is 28.5 Å². The lowest BCUT2D eigenvalue weighted by molar-refractivity contribution is 0.0936. The average Bonchev–Trinajstić information content (AvgIpc) is 3.11. The van der Waals surface area contributed by atoms with Gasteiger partial charge in [0.15, 0.2) is 0 Å². The summed E-state index contributed by atoms with van der Waals surface area (Å²) >= 11 is 0. The molecule has 7 heteroatoms. The maximum Gasteiger partial charge on any atom is 0.256 e. The number of carbonyl (C=O) groups is 1. The third kappa shape index (κ3) is 3.88. The second kappa shape index (κ2) is 7.35. The summed E-state index contributed by atoms with van der Waals surface area (Å²) in [6.07, 6.45) is 3.06. The smallest absolute Gasteiger partial charge is 0.256 e. The molecule has 1 aromatic carbocycles. The lowest BCUT2D eigenvalue weighted by Gasteiger charge is -2.14. The fourth-order valence-electron chi connectivity index (χ4n) is 2.73. The Morgan fingerprint density at radius 3 is 2.85 bits per heavy atom. The van der Waals surface area contributed by atoms with Crippen molar-refractivity contribution in [2.24, 2.45) is 0 Å². The van der Waals surface area contributed by atoms with Gasteiger partial charge in [0.25, 0.3) is 11.5 Å². The molecule has 0 aliphatic carbocycles. The van der Waals surface area contributed by atoms with Crippen molar-refractivity contribution in [1.82, 2.24) is 25.1 Å². The minimum absolute atomic E-state index is 0.113. The summed E-state index contributed by atoms with van der Waals surface area (Å²) in [6, 6.07) is 8.81. The Kier molecular flexibility index (Phi) is 4.97. The van der Waals surface area contributed by atoms with E-state index in [2.05, 4.69) is 20.4 Å². The lowest BCUT2D eigenvalue weighted by Crippen LogP contribution is -2.35. The van der Waals surface area contributed by atoms with E-state index < -0.39 is 0 Å². The predicted molar refractivity (Wildman–Crippen MR) is 98.9 cm³/mol. The third-order valence-electron chi connectivity index (χ3n) is 4.24. The number of aromatic nitrogens is 4. The zero-order valence-corrected chi connectivity index (χ0v) is 15.0. The van der Waals surface area contributed by atoms with E-state index in [1.165, 1.54) is 6.33 Å². The molecule has 0 saturated heterocycles. The molecular formula is C19H21N5O2. The largest absolute Gasteiger partial charge is 0.348 e. The first-order valence-corrected chi connectivity index (χ1v) is 8.38. The topological polar surface area (TPSA) is 92.7 Å². The highest BCUT2D eigenvalue weighted by atomic mass is 16.1. The molecule has 2 aromatic heterocycles. The third-order valence-corrected chi connectivity index (χ3v) is 4.24. The summed E-state index contributed by atoms with van der Waals surface area (Å²) in [5.74, 6) is -0.195. The van der Waals surface area contributed by atoms with Crippen molar-refractivity contribution in [3.8, 4) is 11.1 Å². The highest BCUT2D eigenvalue weighted by Gasteiger charge is 2.13. The van der Waals surface area contributed by atoms with Crippen LogP contribution in [0.25, 0.3) is 11.1 Å². The normalized spacial score (nSPS) is 12.0. The molecule has 1 atom stereocenters. The summed E-state index contributed by atoms with van der Waals surface area (Å²) < 4.78 is 1.66. The van der Waals surface area contributed by atoms with E-state index >= 15 is 0 Å². The number of rotatable bonds is 5. The molecule has 3 rings (SSSR count). The fourth-order valence-corrected chi connectivity index (χ4v) is 2.73. The number of nitrogens with zero attached hydrogens (tertiary/aromatic N) is 3. The van der Waals surface area contributed by atoms with Crippen LogP contribution >= 0.6 is 0 Å². The molecule has 0 aliphatic heterocycles. The van der Waals surface area contributed by atoms with Gasteiger partial charge in [-0.1, -0.05) is 12.1 Å². The monoisotopic (exact) mass is 351 g/mol. The molecule has 0 saturated carbocycles. The van der Waals surface area contributed by atoms with Gasteiger partial charge < -0.3 is 10.3 Å². The van der Waals surface area contributed by atoms with Crippen molar-refractivity contribution in [3.05, 3.63) is 70.2 Å². The molecule has 26 heavy (non-hydrogen) atoms. The maximum absolute atomic E-state index is 12.5. The van der Waals surface area contributed by atoms with Crippen molar-refractivity contribution in [2.75, 3.05) is 0 Å². The highest BCUT2D eigenvalue weighted by molar-refractivity contribution is 5.95. The molecular weight excluding hydrogens is 330 g/mol. The number of hydrogen-bond donors (Lipinski definition) is 2. The number of benzene rings is 1. The van der Waals surface area contributed by atoms with Gasteiger partial charge in [-0.25, -0.2) is 4.98 Å². The minimum atomic E-state index is -0.195. The lowest BCUT2D eigenvalue weighted by atomic mass is 10.0. The number of aromatic amines is 1. The summed E-state index contributed by atoms with van der Waals surface area (Å²) in [5, 5.41) is 6.97. The van der Waals surface area contributed by atoms with Gasteiger partial charge in [-0.2, -0.15) is 5.10 Å². The summed E-state index contributed by atoms with van der Waals surface area (Å²) in [4.78, 5) is 31.5. The molecule has 0 bridgehead atoms. The van der Waals surface area contributed by atoms with Crippen LogP contribution in [0.2, 0.25) is 0 Å². The average molecular weight is 351 g/mol. The van der Waals surface area contributed by atoms with Gasteiger partial charge in [0.05, 0.1) is 6.54 Å². The van der Waals surface area contributed by atoms with Gasteiger partial charge in [-0.05, 0) is 50.1 Å². The zero-order valence-electron chi connectivity index (χ0n) is 15.0. The van der Waals surface area contributed by atoms with Gasteiger partial charge in [0, 0.05) is 22.9 Å². The van der Waals surface area contributed by atoms with E-state index in [1.807, 2.05) is 32.9 Å². The van der Waals surface area contributed by atoms with Crippen LogP contribution in [-0.4, -0.2) is 31.7 Å². The molecule has 0 fully saturated rings. The van der Waals surface area contributed by atoms with Gasteiger partial charge >= 0.3 is 0 Å². The van der Waals surface area contributed by atoms with Gasteiger partial charge in [-0.15, -0.1) is 0 Å². The molecule has 7 nitrogen and oxygen atoms in total. The second-order valence-corrected chi connectivity index (χ2v) is 6.39. The van der Waals surface area contributed by atoms with Crippen molar-refractivity contribution in [3.63, 3.8) is 0 Å². The minimum Gasteiger partial charge on any atom is -0.348 e. The number of aryl methyl sites for hydroxylation is 2. The molecule has 0 radical (unpaired) electrons. The van der Waals surface area contributed by atoms with E-state index in [4.69, 9.17) is 0 Å². The number of hydrogen-bond acceptors (Lipinski definition) is 4. The Bertz CT molecular complexity index is 976. The van der Waals surface area contributed by atoms with Crippen LogP contribution in [0.3, 0.4) is 0 Å². The predicted octanol–water partition coefficient (Wildman–Crippen LogP) is 2.07. The second-order valence-electron chi connectivity index (χ2n) is 6.39. The van der Waals surface area contributed by atoms with Crippen LogP contribution in [0, 0.1) is 13.8 Å². The van der Waals surface area contributed by atoms with E-state index in [1.54, 1.807) is 29.2 Å². The van der Waals surface area contributed by atoms with Gasteiger partial charge in [-0.3, -0.25) is 14.3 Å². The SMILES string of the molecule is Cc1cc(-c2cccc(C(=O)N[C@@H](C)Cn3cncn3)c2)c(=O)[nH]c1C. The molecule has 0 aliphatic rings. The van der Waals surface area contributed by atoms with Crippen LogP contribution in [0.5, 0.6) is 0 Å². The zero-order chi connectivity index (χ0) is 18.7. The highest BCUT2D eigenvalue weighted by Crippen LogP contribution is 2.19. The van der Waals surface area contributed by atoms with Gasteiger partial charge in [0.1, 0.15) is 12.7 Å². The molecule has 2 heterocycles. The van der Waals surface area contributed by atoms with Crippen LogP contribution in [0.4, 0.5) is 0 Å². The first kappa shape index (κ1) is 17.6. The number of nitrogens with one attached hydrogen (secondary N) is 2. The van der Waals surface area contributed by atoms with Crippen LogP contribution in [0.15, 0.2) is 47.8 Å². The first-order valence-electron chi connectivity index (χ1n) is 8.38. The molecule has 0 spiro atoms.